The van der Waals surface area contributed by atoms with Crippen LogP contribution in [-0.2, 0) is 19.4 Å². The standard InChI is InChI=1S/C13H18N6O2/c1-3-12-15-13(4-2)18(17-12)8-9-5-6-11(19(20)21)10(7-9)16-14/h5-7,16H,3-4,8,14H2,1-2H3. The van der Waals surface area contributed by atoms with Crippen molar-refractivity contribution in [1.82, 2.24) is 14.8 Å². The fourth-order valence-electron chi connectivity index (χ4n) is 2.09. The van der Waals surface area contributed by atoms with Gasteiger partial charge < -0.3 is 5.43 Å². The van der Waals surface area contributed by atoms with Gasteiger partial charge in [-0.2, -0.15) is 5.10 Å². The summed E-state index contributed by atoms with van der Waals surface area (Å²) in [7, 11) is 0. The molecule has 0 bridgehead atoms. The van der Waals surface area contributed by atoms with Crippen LogP contribution in [0.5, 0.6) is 0 Å². The lowest BCUT2D eigenvalue weighted by Gasteiger charge is -2.07. The number of rotatable bonds is 6. The monoisotopic (exact) mass is 290 g/mol. The molecule has 0 spiro atoms. The van der Waals surface area contributed by atoms with Crippen molar-refractivity contribution in [2.75, 3.05) is 5.43 Å². The quantitative estimate of drug-likeness (QED) is 0.475. The van der Waals surface area contributed by atoms with Crippen LogP contribution in [0.25, 0.3) is 0 Å². The highest BCUT2D eigenvalue weighted by Crippen LogP contribution is 2.24. The van der Waals surface area contributed by atoms with E-state index in [9.17, 15) is 10.1 Å². The molecule has 0 saturated carbocycles. The molecule has 3 N–H and O–H groups in total. The molecule has 8 heteroatoms. The Hall–Kier alpha value is -2.48. The van der Waals surface area contributed by atoms with E-state index in [-0.39, 0.29) is 11.4 Å². The third-order valence-corrected chi connectivity index (χ3v) is 3.17. The summed E-state index contributed by atoms with van der Waals surface area (Å²) >= 11 is 0. The van der Waals surface area contributed by atoms with Crippen molar-refractivity contribution in [1.29, 1.82) is 0 Å². The molecule has 0 aliphatic carbocycles. The number of hydrogen-bond acceptors (Lipinski definition) is 6. The molecular weight excluding hydrogens is 272 g/mol. The second-order valence-electron chi connectivity index (χ2n) is 4.56. The molecule has 0 radical (unpaired) electrons. The Labute approximate surface area is 122 Å². The number of aromatic nitrogens is 3. The molecule has 0 unspecified atom stereocenters. The minimum atomic E-state index is -0.471. The van der Waals surface area contributed by atoms with Crippen LogP contribution in [0, 0.1) is 10.1 Å². The van der Waals surface area contributed by atoms with Gasteiger partial charge >= 0.3 is 0 Å². The Morgan fingerprint density at radius 1 is 1.38 bits per heavy atom. The third-order valence-electron chi connectivity index (χ3n) is 3.17. The average molecular weight is 290 g/mol. The summed E-state index contributed by atoms with van der Waals surface area (Å²) in [6.45, 7) is 4.52. The first-order valence-corrected chi connectivity index (χ1v) is 6.75. The molecule has 8 nitrogen and oxygen atoms in total. The maximum atomic E-state index is 10.9. The Morgan fingerprint density at radius 2 is 2.14 bits per heavy atom. The molecule has 0 aliphatic rings. The summed E-state index contributed by atoms with van der Waals surface area (Å²) in [6.07, 6.45) is 1.55. The number of benzene rings is 1. The van der Waals surface area contributed by atoms with Gasteiger partial charge in [-0.1, -0.05) is 19.9 Å². The summed E-state index contributed by atoms with van der Waals surface area (Å²) in [6, 6.07) is 4.80. The lowest BCUT2D eigenvalue weighted by atomic mass is 10.1. The summed E-state index contributed by atoms with van der Waals surface area (Å²) < 4.78 is 1.82. The number of nitrogens with one attached hydrogen (secondary N) is 1. The predicted molar refractivity (Wildman–Crippen MR) is 78.8 cm³/mol. The van der Waals surface area contributed by atoms with Crippen LogP contribution in [0.1, 0.15) is 31.1 Å². The minimum absolute atomic E-state index is 0.0511. The zero-order valence-corrected chi connectivity index (χ0v) is 12.0. The number of nitrogens with zero attached hydrogens (tertiary/aromatic N) is 4. The highest BCUT2D eigenvalue weighted by atomic mass is 16.6. The first kappa shape index (κ1) is 14.9. The minimum Gasteiger partial charge on any atom is -0.318 e. The second-order valence-corrected chi connectivity index (χ2v) is 4.56. The van der Waals surface area contributed by atoms with E-state index in [1.807, 2.05) is 18.5 Å². The number of nitro benzene ring substituents is 1. The second kappa shape index (κ2) is 6.31. The maximum Gasteiger partial charge on any atom is 0.293 e. The highest BCUT2D eigenvalue weighted by Gasteiger charge is 2.14. The zero-order chi connectivity index (χ0) is 15.4. The molecule has 1 heterocycles. The summed E-state index contributed by atoms with van der Waals surface area (Å²) in [5.41, 5.74) is 3.46. The van der Waals surface area contributed by atoms with Gasteiger partial charge in [0.05, 0.1) is 11.5 Å². The molecule has 21 heavy (non-hydrogen) atoms. The maximum absolute atomic E-state index is 10.9. The van der Waals surface area contributed by atoms with E-state index in [0.29, 0.717) is 6.54 Å². The number of aryl methyl sites for hydroxylation is 2. The first-order chi connectivity index (χ1) is 10.1. The molecule has 0 fully saturated rings. The smallest absolute Gasteiger partial charge is 0.293 e. The third kappa shape index (κ3) is 3.16. The summed E-state index contributed by atoms with van der Waals surface area (Å²) in [5.74, 6) is 7.04. The van der Waals surface area contributed by atoms with Crippen LogP contribution in [0.15, 0.2) is 18.2 Å². The number of hydrogen-bond donors (Lipinski definition) is 2. The van der Waals surface area contributed by atoms with Gasteiger partial charge in [-0.3, -0.25) is 16.0 Å². The van der Waals surface area contributed by atoms with Crippen LogP contribution >= 0.6 is 0 Å². The molecule has 0 saturated heterocycles. The molecule has 0 amide bonds. The Balaban J connectivity index is 2.31. The van der Waals surface area contributed by atoms with E-state index < -0.39 is 4.92 Å². The van der Waals surface area contributed by atoms with Crippen LogP contribution in [0.3, 0.4) is 0 Å². The Morgan fingerprint density at radius 3 is 2.71 bits per heavy atom. The largest absolute Gasteiger partial charge is 0.318 e. The molecule has 0 atom stereocenters. The van der Waals surface area contributed by atoms with Crippen LogP contribution in [0.4, 0.5) is 11.4 Å². The van der Waals surface area contributed by atoms with Crippen molar-refractivity contribution in [3.8, 4) is 0 Å². The highest BCUT2D eigenvalue weighted by molar-refractivity contribution is 5.62. The fourth-order valence-corrected chi connectivity index (χ4v) is 2.09. The van der Waals surface area contributed by atoms with Gasteiger partial charge in [-0.05, 0) is 11.6 Å². The van der Waals surface area contributed by atoms with E-state index >= 15 is 0 Å². The lowest BCUT2D eigenvalue weighted by Crippen LogP contribution is -2.11. The van der Waals surface area contributed by atoms with Gasteiger partial charge in [0.25, 0.3) is 5.69 Å². The number of nitrogens with two attached hydrogens (primary N) is 1. The SMILES string of the molecule is CCc1nc(CC)n(Cc2ccc([N+](=O)[O-])c(NN)c2)n1. The van der Waals surface area contributed by atoms with Gasteiger partial charge in [-0.25, -0.2) is 9.67 Å². The van der Waals surface area contributed by atoms with Crippen molar-refractivity contribution < 1.29 is 4.92 Å². The van der Waals surface area contributed by atoms with E-state index in [1.54, 1.807) is 12.1 Å². The van der Waals surface area contributed by atoms with Crippen LogP contribution < -0.4 is 11.3 Å². The number of anilines is 1. The Kier molecular flexibility index (Phi) is 4.49. The number of nitrogen functional groups attached to an aromatic ring is 1. The van der Waals surface area contributed by atoms with E-state index in [0.717, 1.165) is 30.1 Å². The van der Waals surface area contributed by atoms with Gasteiger partial charge in [-0.15, -0.1) is 0 Å². The molecule has 112 valence electrons. The van der Waals surface area contributed by atoms with E-state index in [1.165, 1.54) is 6.07 Å². The van der Waals surface area contributed by atoms with E-state index in [4.69, 9.17) is 5.84 Å². The molecule has 2 aromatic rings. The predicted octanol–water partition coefficient (Wildman–Crippen LogP) is 1.64. The molecule has 1 aromatic heterocycles. The van der Waals surface area contributed by atoms with Crippen molar-refractivity contribution >= 4 is 11.4 Å². The van der Waals surface area contributed by atoms with Crippen LogP contribution in [-0.4, -0.2) is 19.7 Å². The number of hydrazine groups is 1. The van der Waals surface area contributed by atoms with Crippen molar-refractivity contribution in [3.05, 3.63) is 45.5 Å². The normalized spacial score (nSPS) is 10.6. The lowest BCUT2D eigenvalue weighted by molar-refractivity contribution is -0.384. The van der Waals surface area contributed by atoms with E-state index in [2.05, 4.69) is 15.5 Å². The summed E-state index contributed by atoms with van der Waals surface area (Å²) in [4.78, 5) is 14.8. The first-order valence-electron chi connectivity index (χ1n) is 6.75. The fraction of sp³-hybridized carbons (Fsp3) is 0.385. The van der Waals surface area contributed by atoms with Crippen molar-refractivity contribution in [2.24, 2.45) is 5.84 Å². The molecule has 2 rings (SSSR count). The van der Waals surface area contributed by atoms with Gasteiger partial charge in [0.1, 0.15) is 11.5 Å². The zero-order valence-electron chi connectivity index (χ0n) is 12.0. The Bertz CT molecular complexity index is 652. The van der Waals surface area contributed by atoms with Gasteiger partial charge in [0.2, 0.25) is 0 Å². The van der Waals surface area contributed by atoms with Gasteiger partial charge in [0, 0.05) is 18.9 Å². The van der Waals surface area contributed by atoms with Crippen molar-refractivity contribution in [3.63, 3.8) is 0 Å². The molecule has 0 aliphatic heterocycles. The number of nitro groups is 1. The average Bonchev–Trinajstić information content (AvgIpc) is 2.89. The van der Waals surface area contributed by atoms with Crippen LogP contribution in [0.2, 0.25) is 0 Å². The van der Waals surface area contributed by atoms with Crippen molar-refractivity contribution in [2.45, 2.75) is 33.2 Å². The molecular formula is C13H18N6O2. The summed E-state index contributed by atoms with van der Waals surface area (Å²) in [5, 5.41) is 15.3. The topological polar surface area (TPSA) is 112 Å². The van der Waals surface area contributed by atoms with Gasteiger partial charge in [0.15, 0.2) is 5.82 Å². The molecule has 1 aromatic carbocycles.